The molecule has 0 saturated carbocycles. The number of thiophene rings is 1. The van der Waals surface area contributed by atoms with E-state index >= 15 is 0 Å². The molecule has 0 aliphatic rings. The van der Waals surface area contributed by atoms with E-state index in [4.69, 9.17) is 11.6 Å². The standard InChI is InChI=1S/C20H17ClN4O6S2/c21-16-15(33-20(25-16)24-14(27)8-10-3-1-4-11(26)7-10)18(29)23-12(19(30)31)9-22-17(28)13-5-2-6-32-13/h1-7,12,26H,8-9H2,(H,22,28)(H,23,29)(H,30,31)(H,24,25,27)/t12-/m0/s1. The molecule has 5 N–H and O–H groups in total. The Morgan fingerprint density at radius 1 is 1.12 bits per heavy atom. The normalized spacial score (nSPS) is 11.4. The number of carbonyl (C=O) groups is 4. The largest absolute Gasteiger partial charge is 0.508 e. The fourth-order valence-corrected chi connectivity index (χ4v) is 4.38. The summed E-state index contributed by atoms with van der Waals surface area (Å²) in [6, 6.07) is 8.03. The summed E-state index contributed by atoms with van der Waals surface area (Å²) in [6.07, 6.45) is -0.0435. The van der Waals surface area contributed by atoms with Crippen molar-refractivity contribution in [1.29, 1.82) is 0 Å². The Bertz CT molecular complexity index is 1180. The van der Waals surface area contributed by atoms with Crippen molar-refractivity contribution in [1.82, 2.24) is 15.6 Å². The third-order valence-corrected chi connectivity index (χ3v) is 6.35. The number of aliphatic carboxylic acids is 1. The number of thiazole rings is 1. The van der Waals surface area contributed by atoms with Crippen molar-refractivity contribution < 1.29 is 29.4 Å². The second-order valence-corrected chi connectivity index (χ2v) is 8.89. The first-order valence-corrected chi connectivity index (χ1v) is 11.4. The molecule has 0 radical (unpaired) electrons. The summed E-state index contributed by atoms with van der Waals surface area (Å²) >= 11 is 7.97. The first kappa shape index (κ1) is 24.2. The highest BCUT2D eigenvalue weighted by Gasteiger charge is 2.25. The zero-order valence-electron chi connectivity index (χ0n) is 16.7. The maximum Gasteiger partial charge on any atom is 0.328 e. The van der Waals surface area contributed by atoms with Crippen LogP contribution >= 0.6 is 34.3 Å². The predicted molar refractivity (Wildman–Crippen MR) is 123 cm³/mol. The molecule has 0 unspecified atom stereocenters. The highest BCUT2D eigenvalue weighted by Crippen LogP contribution is 2.27. The van der Waals surface area contributed by atoms with Gasteiger partial charge in [-0.1, -0.05) is 41.1 Å². The van der Waals surface area contributed by atoms with Crippen LogP contribution in [-0.4, -0.2) is 51.5 Å². The lowest BCUT2D eigenvalue weighted by Crippen LogP contribution is -2.48. The fourth-order valence-electron chi connectivity index (χ4n) is 2.62. The van der Waals surface area contributed by atoms with Crippen LogP contribution < -0.4 is 16.0 Å². The number of phenolic OH excluding ortho intramolecular Hbond substituents is 1. The minimum absolute atomic E-state index is 0.0242. The second-order valence-electron chi connectivity index (χ2n) is 6.59. The van der Waals surface area contributed by atoms with Gasteiger partial charge in [-0.05, 0) is 29.1 Å². The van der Waals surface area contributed by atoms with Gasteiger partial charge in [0.15, 0.2) is 10.3 Å². The molecule has 172 valence electrons. The van der Waals surface area contributed by atoms with E-state index in [1.165, 1.54) is 23.5 Å². The number of benzene rings is 1. The number of aromatic nitrogens is 1. The van der Waals surface area contributed by atoms with E-state index in [0.29, 0.717) is 10.4 Å². The molecule has 33 heavy (non-hydrogen) atoms. The lowest BCUT2D eigenvalue weighted by molar-refractivity contribution is -0.139. The van der Waals surface area contributed by atoms with Crippen LogP contribution in [0.5, 0.6) is 5.75 Å². The van der Waals surface area contributed by atoms with Gasteiger partial charge in [0.2, 0.25) is 5.91 Å². The molecular formula is C20H17ClN4O6S2. The Labute approximate surface area is 200 Å². The molecule has 0 bridgehead atoms. The highest BCUT2D eigenvalue weighted by atomic mass is 35.5. The third kappa shape index (κ3) is 6.75. The SMILES string of the molecule is O=C(Cc1cccc(O)c1)Nc1nc(Cl)c(C(=O)N[C@@H](CNC(=O)c2cccs2)C(=O)O)s1. The average Bonchev–Trinajstić information content (AvgIpc) is 3.40. The van der Waals surface area contributed by atoms with E-state index in [2.05, 4.69) is 20.9 Å². The number of halogens is 1. The van der Waals surface area contributed by atoms with Gasteiger partial charge in [0.05, 0.1) is 11.3 Å². The van der Waals surface area contributed by atoms with Crippen LogP contribution in [0, 0.1) is 0 Å². The van der Waals surface area contributed by atoms with Crippen LogP contribution in [-0.2, 0) is 16.0 Å². The number of nitrogens with one attached hydrogen (secondary N) is 3. The van der Waals surface area contributed by atoms with Gasteiger partial charge >= 0.3 is 5.97 Å². The molecule has 3 aromatic rings. The molecule has 1 aromatic carbocycles. The van der Waals surface area contributed by atoms with Crippen molar-refractivity contribution in [2.75, 3.05) is 11.9 Å². The van der Waals surface area contributed by atoms with Crippen molar-refractivity contribution in [3.05, 3.63) is 62.2 Å². The van der Waals surface area contributed by atoms with E-state index in [1.807, 2.05) is 0 Å². The maximum absolute atomic E-state index is 12.5. The highest BCUT2D eigenvalue weighted by molar-refractivity contribution is 7.18. The lowest BCUT2D eigenvalue weighted by Gasteiger charge is -2.14. The monoisotopic (exact) mass is 508 g/mol. The molecule has 0 fully saturated rings. The Morgan fingerprint density at radius 3 is 2.58 bits per heavy atom. The van der Waals surface area contributed by atoms with Crippen LogP contribution in [0.15, 0.2) is 41.8 Å². The number of aromatic hydroxyl groups is 1. The third-order valence-electron chi connectivity index (χ3n) is 4.13. The average molecular weight is 509 g/mol. The van der Waals surface area contributed by atoms with Gasteiger partial charge in [0.25, 0.3) is 11.8 Å². The zero-order valence-corrected chi connectivity index (χ0v) is 19.1. The molecule has 0 aliphatic carbocycles. The Kier molecular flexibility index (Phi) is 7.98. The predicted octanol–water partition coefficient (Wildman–Crippen LogP) is 2.36. The molecule has 0 aliphatic heterocycles. The zero-order chi connectivity index (χ0) is 24.0. The topological polar surface area (TPSA) is 158 Å². The molecule has 2 heterocycles. The number of amides is 3. The number of phenols is 1. The first-order valence-electron chi connectivity index (χ1n) is 9.32. The van der Waals surface area contributed by atoms with Crippen molar-refractivity contribution in [3.63, 3.8) is 0 Å². The Morgan fingerprint density at radius 2 is 1.91 bits per heavy atom. The number of hydrogen-bond donors (Lipinski definition) is 5. The fraction of sp³-hybridized carbons (Fsp3) is 0.150. The quantitative estimate of drug-likeness (QED) is 0.297. The van der Waals surface area contributed by atoms with Crippen molar-refractivity contribution in [2.24, 2.45) is 0 Å². The van der Waals surface area contributed by atoms with Gasteiger partial charge in [0, 0.05) is 6.54 Å². The van der Waals surface area contributed by atoms with E-state index in [-0.39, 0.29) is 33.9 Å². The number of anilines is 1. The van der Waals surface area contributed by atoms with Crippen LogP contribution in [0.1, 0.15) is 24.9 Å². The summed E-state index contributed by atoms with van der Waals surface area (Å²) in [5, 5.41) is 27.6. The van der Waals surface area contributed by atoms with Crippen LogP contribution in [0.4, 0.5) is 5.13 Å². The van der Waals surface area contributed by atoms with Gasteiger partial charge in [-0.25, -0.2) is 9.78 Å². The molecule has 0 saturated heterocycles. The molecule has 2 aromatic heterocycles. The molecule has 10 nitrogen and oxygen atoms in total. The van der Waals surface area contributed by atoms with Gasteiger partial charge in [-0.15, -0.1) is 11.3 Å². The first-order chi connectivity index (χ1) is 15.7. The van der Waals surface area contributed by atoms with Crippen molar-refractivity contribution >= 4 is 63.1 Å². The molecule has 13 heteroatoms. The Hall–Kier alpha value is -3.48. The number of carbonyl (C=O) groups excluding carboxylic acids is 3. The summed E-state index contributed by atoms with van der Waals surface area (Å²) in [4.78, 5) is 52.5. The molecule has 3 amide bonds. The lowest BCUT2D eigenvalue weighted by atomic mass is 10.1. The Balaban J connectivity index is 1.60. The number of carboxylic acids is 1. The molecular weight excluding hydrogens is 492 g/mol. The number of carboxylic acid groups (broad SMARTS) is 1. The summed E-state index contributed by atoms with van der Waals surface area (Å²) in [5.41, 5.74) is 0.571. The number of hydrogen-bond acceptors (Lipinski definition) is 8. The summed E-state index contributed by atoms with van der Waals surface area (Å²) in [5.74, 6) is -3.05. The second kappa shape index (κ2) is 10.9. The smallest absolute Gasteiger partial charge is 0.328 e. The number of rotatable bonds is 9. The van der Waals surface area contributed by atoms with Crippen molar-refractivity contribution in [2.45, 2.75) is 12.5 Å². The minimum atomic E-state index is -1.41. The van der Waals surface area contributed by atoms with E-state index in [1.54, 1.807) is 29.6 Å². The van der Waals surface area contributed by atoms with E-state index in [9.17, 15) is 29.4 Å². The van der Waals surface area contributed by atoms with E-state index < -0.39 is 29.7 Å². The molecule has 1 atom stereocenters. The van der Waals surface area contributed by atoms with Gasteiger partial charge < -0.3 is 26.2 Å². The van der Waals surface area contributed by atoms with Gasteiger partial charge in [-0.3, -0.25) is 14.4 Å². The summed E-state index contributed by atoms with van der Waals surface area (Å²) in [7, 11) is 0. The van der Waals surface area contributed by atoms with Crippen molar-refractivity contribution in [3.8, 4) is 5.75 Å². The van der Waals surface area contributed by atoms with Crippen LogP contribution in [0.2, 0.25) is 5.15 Å². The molecule has 0 spiro atoms. The van der Waals surface area contributed by atoms with Crippen LogP contribution in [0.25, 0.3) is 0 Å². The van der Waals surface area contributed by atoms with Gasteiger partial charge in [0.1, 0.15) is 16.7 Å². The number of nitrogens with zero attached hydrogens (tertiary/aromatic N) is 1. The maximum atomic E-state index is 12.5. The van der Waals surface area contributed by atoms with Gasteiger partial charge in [-0.2, -0.15) is 0 Å². The molecule has 3 rings (SSSR count). The van der Waals surface area contributed by atoms with Crippen LogP contribution in [0.3, 0.4) is 0 Å². The minimum Gasteiger partial charge on any atom is -0.508 e. The summed E-state index contributed by atoms with van der Waals surface area (Å²) in [6.45, 7) is -0.345. The van der Waals surface area contributed by atoms with E-state index in [0.717, 1.165) is 11.3 Å². The summed E-state index contributed by atoms with van der Waals surface area (Å²) < 4.78 is 0.